The number of nitrogens with zero attached hydrogens (tertiary/aromatic N) is 2. The highest BCUT2D eigenvalue weighted by atomic mass is 19.1. The number of nitrogens with one attached hydrogen (secondary N) is 1. The molecule has 0 bridgehead atoms. The van der Waals surface area contributed by atoms with Crippen molar-refractivity contribution in [3.8, 4) is 0 Å². The molecule has 142 valence electrons. The first-order chi connectivity index (χ1) is 12.9. The average molecular weight is 367 g/mol. The fourth-order valence-electron chi connectivity index (χ4n) is 3.16. The third-order valence-corrected chi connectivity index (χ3v) is 4.80. The number of pyridine rings is 1. The van der Waals surface area contributed by atoms with Crippen molar-refractivity contribution in [1.82, 2.24) is 14.8 Å². The van der Waals surface area contributed by atoms with Crippen molar-refractivity contribution < 1.29 is 4.39 Å². The molecule has 4 nitrogen and oxygen atoms in total. The first-order valence-electron chi connectivity index (χ1n) is 9.15. The Morgan fingerprint density at radius 3 is 2.44 bits per heavy atom. The lowest BCUT2D eigenvalue weighted by Gasteiger charge is -2.25. The minimum atomic E-state index is -0.349. The summed E-state index contributed by atoms with van der Waals surface area (Å²) in [4.78, 5) is 19.8. The van der Waals surface area contributed by atoms with Crippen LogP contribution in [0, 0.1) is 12.7 Å². The molecule has 1 N–H and O–H groups in total. The minimum absolute atomic E-state index is 0.160. The number of hydrogen-bond donors (Lipinski definition) is 1. The SMILES string of the molecule is Cc1ccccc1CN(CCN(C)C)Cc1cc2ccc(F)cc2[nH]c1=O. The Morgan fingerprint density at radius 1 is 0.963 bits per heavy atom. The lowest BCUT2D eigenvalue weighted by molar-refractivity contribution is 0.225. The molecule has 0 unspecified atom stereocenters. The molecule has 0 aliphatic carbocycles. The van der Waals surface area contributed by atoms with E-state index in [4.69, 9.17) is 0 Å². The number of aryl methyl sites for hydroxylation is 1. The molecule has 0 fully saturated rings. The maximum absolute atomic E-state index is 13.4. The first-order valence-corrected chi connectivity index (χ1v) is 9.15. The Balaban J connectivity index is 1.87. The lowest BCUT2D eigenvalue weighted by Crippen LogP contribution is -2.33. The van der Waals surface area contributed by atoms with Crippen LogP contribution in [-0.2, 0) is 13.1 Å². The van der Waals surface area contributed by atoms with E-state index in [9.17, 15) is 9.18 Å². The van der Waals surface area contributed by atoms with Crippen LogP contribution in [0.1, 0.15) is 16.7 Å². The van der Waals surface area contributed by atoms with Crippen LogP contribution in [-0.4, -0.2) is 42.0 Å². The molecular weight excluding hydrogens is 341 g/mol. The van der Waals surface area contributed by atoms with E-state index in [2.05, 4.69) is 33.8 Å². The van der Waals surface area contributed by atoms with Gasteiger partial charge in [-0.15, -0.1) is 0 Å². The second kappa shape index (κ2) is 8.46. The maximum atomic E-state index is 13.4. The summed E-state index contributed by atoms with van der Waals surface area (Å²) in [5.74, 6) is -0.349. The van der Waals surface area contributed by atoms with Crippen LogP contribution in [0.15, 0.2) is 53.3 Å². The van der Waals surface area contributed by atoms with Crippen molar-refractivity contribution >= 4 is 10.9 Å². The van der Waals surface area contributed by atoms with Gasteiger partial charge in [-0.2, -0.15) is 0 Å². The molecule has 2 aromatic carbocycles. The van der Waals surface area contributed by atoms with E-state index < -0.39 is 0 Å². The molecule has 5 heteroatoms. The number of fused-ring (bicyclic) bond motifs is 1. The van der Waals surface area contributed by atoms with Crippen LogP contribution >= 0.6 is 0 Å². The maximum Gasteiger partial charge on any atom is 0.252 e. The summed E-state index contributed by atoms with van der Waals surface area (Å²) >= 11 is 0. The monoisotopic (exact) mass is 367 g/mol. The minimum Gasteiger partial charge on any atom is -0.322 e. The Morgan fingerprint density at radius 2 is 1.70 bits per heavy atom. The largest absolute Gasteiger partial charge is 0.322 e. The molecule has 0 radical (unpaired) electrons. The van der Waals surface area contributed by atoms with Crippen molar-refractivity contribution in [3.63, 3.8) is 0 Å². The van der Waals surface area contributed by atoms with Crippen LogP contribution in [0.4, 0.5) is 4.39 Å². The van der Waals surface area contributed by atoms with Gasteiger partial charge in [0.05, 0.1) is 5.52 Å². The van der Waals surface area contributed by atoms with E-state index in [0.717, 1.165) is 25.0 Å². The fourth-order valence-corrected chi connectivity index (χ4v) is 3.16. The number of likely N-dealkylation sites (N-methyl/N-ethyl adjacent to an activating group) is 1. The van der Waals surface area contributed by atoms with Crippen LogP contribution in [0.5, 0.6) is 0 Å². The predicted molar refractivity (Wildman–Crippen MR) is 108 cm³/mol. The molecule has 3 aromatic rings. The van der Waals surface area contributed by atoms with Crippen molar-refractivity contribution in [2.75, 3.05) is 27.2 Å². The van der Waals surface area contributed by atoms with Gasteiger partial charge in [0.2, 0.25) is 0 Å². The molecule has 0 atom stereocenters. The van der Waals surface area contributed by atoms with Gasteiger partial charge in [-0.05, 0) is 61.8 Å². The van der Waals surface area contributed by atoms with Gasteiger partial charge in [-0.3, -0.25) is 9.69 Å². The Bertz CT molecular complexity index is 981. The number of H-pyrrole nitrogens is 1. The molecule has 0 amide bonds. The molecule has 0 aliphatic heterocycles. The molecule has 1 aromatic heterocycles. The van der Waals surface area contributed by atoms with Gasteiger partial charge in [-0.1, -0.05) is 24.3 Å². The highest BCUT2D eigenvalue weighted by Crippen LogP contribution is 2.16. The molecule has 0 saturated carbocycles. The molecule has 3 rings (SSSR count). The molecule has 0 aliphatic rings. The number of halogens is 1. The second-order valence-corrected chi connectivity index (χ2v) is 7.30. The smallest absolute Gasteiger partial charge is 0.252 e. The molecule has 1 heterocycles. The number of benzene rings is 2. The quantitative estimate of drug-likeness (QED) is 0.694. The highest BCUT2D eigenvalue weighted by molar-refractivity contribution is 5.78. The predicted octanol–water partition coefficient (Wildman–Crippen LogP) is 3.54. The second-order valence-electron chi connectivity index (χ2n) is 7.30. The van der Waals surface area contributed by atoms with Gasteiger partial charge >= 0.3 is 0 Å². The first kappa shape index (κ1) is 19.3. The number of hydrogen-bond acceptors (Lipinski definition) is 3. The third kappa shape index (κ3) is 5.02. The summed E-state index contributed by atoms with van der Waals surface area (Å²) in [6, 6.07) is 14.7. The normalized spacial score (nSPS) is 11.6. The number of aromatic amines is 1. The lowest BCUT2D eigenvalue weighted by atomic mass is 10.1. The summed E-state index contributed by atoms with van der Waals surface area (Å²) in [5.41, 5.74) is 3.57. The topological polar surface area (TPSA) is 39.3 Å². The van der Waals surface area contributed by atoms with E-state index in [1.54, 1.807) is 6.07 Å². The zero-order valence-electron chi connectivity index (χ0n) is 16.1. The summed E-state index contributed by atoms with van der Waals surface area (Å²) in [5, 5.41) is 0.842. The van der Waals surface area contributed by atoms with Gasteiger partial charge in [0.1, 0.15) is 5.82 Å². The molecule has 27 heavy (non-hydrogen) atoms. The zero-order chi connectivity index (χ0) is 19.4. The van der Waals surface area contributed by atoms with Gasteiger partial charge in [0.15, 0.2) is 0 Å². The standard InChI is InChI=1S/C22H26FN3O/c1-16-6-4-5-7-18(16)14-26(11-10-25(2)3)15-19-12-17-8-9-20(23)13-21(17)24-22(19)27/h4-9,12-13H,10-11,14-15H2,1-3H3,(H,24,27). The Labute approximate surface area is 159 Å². The summed E-state index contributed by atoms with van der Waals surface area (Å²) in [6.45, 7) is 5.19. The molecular formula is C22H26FN3O. The van der Waals surface area contributed by atoms with Crippen LogP contribution in [0.25, 0.3) is 10.9 Å². The van der Waals surface area contributed by atoms with E-state index in [-0.39, 0.29) is 11.4 Å². The summed E-state index contributed by atoms with van der Waals surface area (Å²) in [6.07, 6.45) is 0. The van der Waals surface area contributed by atoms with Crippen molar-refractivity contribution in [3.05, 3.63) is 81.4 Å². The summed E-state index contributed by atoms with van der Waals surface area (Å²) < 4.78 is 13.4. The summed E-state index contributed by atoms with van der Waals surface area (Å²) in [7, 11) is 4.09. The van der Waals surface area contributed by atoms with E-state index in [0.29, 0.717) is 17.6 Å². The molecule has 0 spiro atoms. The van der Waals surface area contributed by atoms with Gasteiger partial charge < -0.3 is 9.88 Å². The van der Waals surface area contributed by atoms with Gasteiger partial charge in [0.25, 0.3) is 5.56 Å². The zero-order valence-corrected chi connectivity index (χ0v) is 16.1. The highest BCUT2D eigenvalue weighted by Gasteiger charge is 2.12. The van der Waals surface area contributed by atoms with Crippen LogP contribution in [0.3, 0.4) is 0 Å². The van der Waals surface area contributed by atoms with E-state index in [1.165, 1.54) is 23.3 Å². The average Bonchev–Trinajstić information content (AvgIpc) is 2.62. The van der Waals surface area contributed by atoms with Crippen molar-refractivity contribution in [1.29, 1.82) is 0 Å². The fraction of sp³-hybridized carbons (Fsp3) is 0.318. The Kier molecular flexibility index (Phi) is 6.04. The van der Waals surface area contributed by atoms with Crippen molar-refractivity contribution in [2.45, 2.75) is 20.0 Å². The Hall–Kier alpha value is -2.50. The van der Waals surface area contributed by atoms with Gasteiger partial charge in [0, 0.05) is 31.7 Å². The van der Waals surface area contributed by atoms with Crippen LogP contribution in [0.2, 0.25) is 0 Å². The number of aromatic nitrogens is 1. The third-order valence-electron chi connectivity index (χ3n) is 4.80. The van der Waals surface area contributed by atoms with Crippen LogP contribution < -0.4 is 5.56 Å². The van der Waals surface area contributed by atoms with Gasteiger partial charge in [-0.25, -0.2) is 4.39 Å². The van der Waals surface area contributed by atoms with E-state index in [1.807, 2.05) is 32.3 Å². The van der Waals surface area contributed by atoms with Crippen molar-refractivity contribution in [2.24, 2.45) is 0 Å². The molecule has 0 saturated heterocycles. The van der Waals surface area contributed by atoms with E-state index >= 15 is 0 Å². The number of rotatable bonds is 7.